The molecule has 0 rings (SSSR count). The van der Waals surface area contributed by atoms with Crippen molar-refractivity contribution in [1.29, 1.82) is 0 Å². The number of quaternary nitrogens is 1. The Balaban J connectivity index is 3.83. The summed E-state index contributed by atoms with van der Waals surface area (Å²) >= 11 is 0. The summed E-state index contributed by atoms with van der Waals surface area (Å²) in [7, 11) is 1.24. The maximum atomic E-state index is 12.9. The van der Waals surface area contributed by atoms with Gasteiger partial charge < -0.3 is 28.8 Å². The van der Waals surface area contributed by atoms with Crippen molar-refractivity contribution in [2.75, 3.05) is 40.9 Å². The van der Waals surface area contributed by atoms with E-state index in [9.17, 15) is 19.4 Å². The van der Waals surface area contributed by atoms with E-state index in [1.807, 2.05) is 27.2 Å². The minimum absolute atomic E-state index is 0.00852. The fourth-order valence-corrected chi connectivity index (χ4v) is 9.85. The first-order valence-electron chi connectivity index (χ1n) is 31.0. The highest BCUT2D eigenvalue weighted by Crippen LogP contribution is 2.38. The van der Waals surface area contributed by atoms with Gasteiger partial charge in [0, 0.05) is 6.42 Å². The molecule has 0 aliphatic rings. The summed E-state index contributed by atoms with van der Waals surface area (Å²) in [4.78, 5) is 25.4. The molecule has 0 radical (unpaired) electrons. The number of amides is 1. The number of hydrogen-bond acceptors (Lipinski definition) is 6. The second-order valence-electron chi connectivity index (χ2n) is 22.4. The largest absolute Gasteiger partial charge is 0.756 e. The Bertz CT molecular complexity index is 1310. The lowest BCUT2D eigenvalue weighted by atomic mass is 10.0. The number of nitrogens with zero attached hydrogens (tertiary/aromatic N) is 1. The Morgan fingerprint density at radius 3 is 1.18 bits per heavy atom. The first kappa shape index (κ1) is 70.5. The summed E-state index contributed by atoms with van der Waals surface area (Å²) in [5.41, 5.74) is 0. The number of aliphatic hydroxyl groups excluding tert-OH is 1. The van der Waals surface area contributed by atoms with Crippen molar-refractivity contribution in [2.24, 2.45) is 0 Å². The molecule has 2 N–H and O–H groups in total. The number of aliphatic hydroxyl groups is 1. The minimum Gasteiger partial charge on any atom is -0.756 e. The van der Waals surface area contributed by atoms with E-state index in [2.05, 4.69) is 55.6 Å². The van der Waals surface area contributed by atoms with E-state index in [1.165, 1.54) is 225 Å². The number of likely N-dealkylation sites (N-methyl/N-ethyl adjacent to an activating group) is 1. The van der Waals surface area contributed by atoms with Crippen molar-refractivity contribution in [2.45, 2.75) is 309 Å². The summed E-state index contributed by atoms with van der Waals surface area (Å²) in [6.45, 7) is 4.56. The van der Waals surface area contributed by atoms with Crippen LogP contribution >= 0.6 is 7.82 Å². The van der Waals surface area contributed by atoms with Gasteiger partial charge in [-0.25, -0.2) is 0 Å². The van der Waals surface area contributed by atoms with Crippen LogP contribution in [0.1, 0.15) is 296 Å². The summed E-state index contributed by atoms with van der Waals surface area (Å²) in [5, 5.41) is 13.8. The van der Waals surface area contributed by atoms with Crippen molar-refractivity contribution in [3.05, 3.63) is 48.6 Å². The van der Waals surface area contributed by atoms with Gasteiger partial charge in [-0.05, 0) is 64.2 Å². The van der Waals surface area contributed by atoms with Crippen LogP contribution in [0.25, 0.3) is 0 Å². The molecule has 0 saturated heterocycles. The molecule has 0 fully saturated rings. The fourth-order valence-electron chi connectivity index (χ4n) is 9.13. The van der Waals surface area contributed by atoms with Crippen LogP contribution in [-0.4, -0.2) is 68.5 Å². The quantitative estimate of drug-likeness (QED) is 0.0272. The molecular weight excluding hydrogens is 912 g/mol. The van der Waals surface area contributed by atoms with Crippen molar-refractivity contribution in [3.8, 4) is 0 Å². The molecule has 0 heterocycles. The van der Waals surface area contributed by atoms with Gasteiger partial charge in [0.25, 0.3) is 7.82 Å². The van der Waals surface area contributed by atoms with Crippen molar-refractivity contribution in [3.63, 3.8) is 0 Å². The van der Waals surface area contributed by atoms with Gasteiger partial charge in [0.2, 0.25) is 5.91 Å². The lowest BCUT2D eigenvalue weighted by Crippen LogP contribution is -2.45. The van der Waals surface area contributed by atoms with E-state index in [-0.39, 0.29) is 12.5 Å². The summed E-state index contributed by atoms with van der Waals surface area (Å²) < 4.78 is 23.2. The molecular formula is C63H121N2O6P. The molecule has 0 aliphatic carbocycles. The lowest BCUT2D eigenvalue weighted by molar-refractivity contribution is -0.870. The third kappa shape index (κ3) is 56.2. The Morgan fingerprint density at radius 2 is 0.806 bits per heavy atom. The number of hydrogen-bond donors (Lipinski definition) is 2. The van der Waals surface area contributed by atoms with E-state index >= 15 is 0 Å². The molecule has 3 unspecified atom stereocenters. The van der Waals surface area contributed by atoms with Crippen LogP contribution in [0.15, 0.2) is 48.6 Å². The average Bonchev–Trinajstić information content (AvgIpc) is 3.34. The summed E-state index contributed by atoms with van der Waals surface area (Å²) in [5.74, 6) is -0.209. The smallest absolute Gasteiger partial charge is 0.268 e. The summed E-state index contributed by atoms with van der Waals surface area (Å²) in [6.07, 6.45) is 72.5. The number of phosphoric acid groups is 1. The molecule has 3 atom stereocenters. The van der Waals surface area contributed by atoms with Gasteiger partial charge in [-0.3, -0.25) is 9.36 Å². The van der Waals surface area contributed by atoms with Crippen molar-refractivity contribution >= 4 is 13.7 Å². The van der Waals surface area contributed by atoms with E-state index in [1.54, 1.807) is 6.08 Å². The topological polar surface area (TPSA) is 108 Å². The molecule has 0 aromatic carbocycles. The molecule has 1 amide bonds. The van der Waals surface area contributed by atoms with Crippen LogP contribution in [0, 0.1) is 0 Å². The molecule has 9 heteroatoms. The Hall–Kier alpha value is -1.54. The highest BCUT2D eigenvalue weighted by molar-refractivity contribution is 7.45. The lowest BCUT2D eigenvalue weighted by Gasteiger charge is -2.29. The Labute approximate surface area is 448 Å². The summed E-state index contributed by atoms with van der Waals surface area (Å²) in [6, 6.07) is -0.907. The van der Waals surface area contributed by atoms with E-state index < -0.39 is 26.6 Å². The van der Waals surface area contributed by atoms with Crippen LogP contribution < -0.4 is 10.2 Å². The zero-order valence-corrected chi connectivity index (χ0v) is 49.3. The number of carbonyl (C=O) groups is 1. The van der Waals surface area contributed by atoms with Crippen molar-refractivity contribution in [1.82, 2.24) is 5.32 Å². The van der Waals surface area contributed by atoms with Crippen LogP contribution in [0.5, 0.6) is 0 Å². The van der Waals surface area contributed by atoms with Crippen LogP contribution in [-0.2, 0) is 18.4 Å². The maximum Gasteiger partial charge on any atom is 0.268 e. The van der Waals surface area contributed by atoms with E-state index in [0.29, 0.717) is 17.4 Å². The van der Waals surface area contributed by atoms with Gasteiger partial charge in [0.1, 0.15) is 13.2 Å². The molecule has 424 valence electrons. The number of phosphoric ester groups is 1. The second-order valence-corrected chi connectivity index (χ2v) is 23.8. The highest BCUT2D eigenvalue weighted by Gasteiger charge is 2.23. The molecule has 0 bridgehead atoms. The third-order valence-electron chi connectivity index (χ3n) is 14.0. The molecule has 72 heavy (non-hydrogen) atoms. The van der Waals surface area contributed by atoms with Crippen LogP contribution in [0.2, 0.25) is 0 Å². The van der Waals surface area contributed by atoms with Crippen LogP contribution in [0.4, 0.5) is 0 Å². The van der Waals surface area contributed by atoms with Gasteiger partial charge in [-0.2, -0.15) is 0 Å². The van der Waals surface area contributed by atoms with E-state index in [4.69, 9.17) is 9.05 Å². The third-order valence-corrected chi connectivity index (χ3v) is 14.9. The predicted molar refractivity (Wildman–Crippen MR) is 311 cm³/mol. The SMILES string of the molecule is CCC/C=C/CC/C=C/CC/C=C/C(O)C(COP(=O)([O-])OCC[N+](C)(C)C)NC(=O)CCCCCCCCCCCCCCCCCCCCCCCCCCCCC/C=C\CCCCCCCCCC. The predicted octanol–water partition coefficient (Wildman–Crippen LogP) is 18.5. The number of unbranched alkanes of at least 4 members (excludes halogenated alkanes) is 38. The zero-order chi connectivity index (χ0) is 52.7. The molecule has 0 aromatic rings. The monoisotopic (exact) mass is 1030 g/mol. The minimum atomic E-state index is -4.60. The zero-order valence-electron chi connectivity index (χ0n) is 48.4. The van der Waals surface area contributed by atoms with Crippen LogP contribution in [0.3, 0.4) is 0 Å². The molecule has 0 aromatic heterocycles. The average molecular weight is 1030 g/mol. The van der Waals surface area contributed by atoms with Gasteiger partial charge in [-0.15, -0.1) is 0 Å². The highest BCUT2D eigenvalue weighted by atomic mass is 31.2. The molecule has 0 spiro atoms. The number of nitrogens with one attached hydrogen (secondary N) is 1. The standard InChI is InChI=1S/C63H121N2O6P/c1-6-8-10-12-14-16-18-19-20-21-22-23-24-25-26-27-28-29-30-31-32-33-34-35-36-37-38-39-40-41-42-43-44-45-47-49-51-53-55-57-63(67)64-61(60-71-72(68,69)70-59-58-65(3,4)5)62(66)56-54-52-50-48-46-17-15-13-11-9-7-2/h11,13,21-22,46,48,54,56,61-62,66H,6-10,12,14-20,23-45,47,49-53,55,57-60H2,1-5H3,(H-,64,67,68,69)/b13-11+,22-21-,48-46+,56-54+. The number of rotatable bonds is 57. The number of allylic oxidation sites excluding steroid dienone is 7. The van der Waals surface area contributed by atoms with E-state index in [0.717, 1.165) is 51.4 Å². The van der Waals surface area contributed by atoms with Crippen molar-refractivity contribution < 1.29 is 32.9 Å². The van der Waals surface area contributed by atoms with Gasteiger partial charge >= 0.3 is 0 Å². The molecule has 8 nitrogen and oxygen atoms in total. The van der Waals surface area contributed by atoms with Gasteiger partial charge in [-0.1, -0.05) is 274 Å². The molecule has 0 saturated carbocycles. The first-order chi connectivity index (χ1) is 35.0. The Morgan fingerprint density at radius 1 is 0.472 bits per heavy atom. The van der Waals surface area contributed by atoms with Gasteiger partial charge in [0.15, 0.2) is 0 Å². The Kier molecular flexibility index (Phi) is 53.1. The normalized spacial score (nSPS) is 14.2. The fraction of sp³-hybridized carbons (Fsp3) is 0.857. The van der Waals surface area contributed by atoms with Gasteiger partial charge in [0.05, 0.1) is 39.9 Å². The first-order valence-corrected chi connectivity index (χ1v) is 32.5. The second kappa shape index (κ2) is 54.3. The molecule has 0 aliphatic heterocycles. The number of carbonyl (C=O) groups excluding carboxylic acids is 1. The maximum absolute atomic E-state index is 12.9.